The number of nitro benzene ring substituents is 1. The number of carboxylic acid groups (broad SMARTS) is 1. The maximum atomic E-state index is 12.7. The Balaban J connectivity index is 1.96. The molecule has 1 aromatic heterocycles. The average molecular weight is 366 g/mol. The third-order valence-corrected chi connectivity index (χ3v) is 5.14. The van der Waals surface area contributed by atoms with E-state index >= 15 is 0 Å². The number of fused-ring (bicyclic) bond motifs is 3. The van der Waals surface area contributed by atoms with Gasteiger partial charge < -0.3 is 25.3 Å². The largest absolute Gasteiger partial charge is 0.872 e. The van der Waals surface area contributed by atoms with Gasteiger partial charge in [0.05, 0.1) is 16.6 Å². The number of nitrogens with zero attached hydrogens (tertiary/aromatic N) is 1. The number of non-ortho nitro benzene ring substituents is 1. The predicted octanol–water partition coefficient (Wildman–Crippen LogP) is -0.214. The van der Waals surface area contributed by atoms with Crippen LogP contribution in [0.5, 0.6) is 5.75 Å². The molecule has 1 aliphatic heterocycles. The standard InChI is InChI=1S/C19H17N3O5/c1-9-6-10(22(26)27)7-13(18(9)23)17-16-12(8-15(21-17)19(24)25)11-4-2-3-5-14(11)20-16/h2-7,15,17,20-21,23H,8H2,1H3,(H,24,25)/p-1/t15-,17+/m1/s1. The van der Waals surface area contributed by atoms with Gasteiger partial charge in [0, 0.05) is 35.0 Å². The molecule has 0 bridgehead atoms. The van der Waals surface area contributed by atoms with Crippen LogP contribution in [0.25, 0.3) is 10.9 Å². The van der Waals surface area contributed by atoms with Gasteiger partial charge in [-0.2, -0.15) is 0 Å². The number of para-hydroxylation sites is 1. The number of nitrogens with two attached hydrogens (primary N) is 1. The molecule has 0 unspecified atom stereocenters. The van der Waals surface area contributed by atoms with Crippen LogP contribution < -0.4 is 15.5 Å². The van der Waals surface area contributed by atoms with Crippen molar-refractivity contribution in [2.45, 2.75) is 25.4 Å². The highest BCUT2D eigenvalue weighted by molar-refractivity contribution is 5.86. The third-order valence-electron chi connectivity index (χ3n) is 5.14. The van der Waals surface area contributed by atoms with Gasteiger partial charge in [-0.1, -0.05) is 29.5 Å². The Labute approximate surface area is 153 Å². The number of H-pyrrole nitrogens is 1. The predicted molar refractivity (Wildman–Crippen MR) is 91.8 cm³/mol. The fourth-order valence-corrected chi connectivity index (χ4v) is 3.86. The van der Waals surface area contributed by atoms with E-state index in [1.165, 1.54) is 24.4 Å². The number of carbonyl (C=O) groups excluding carboxylic acids is 1. The van der Waals surface area contributed by atoms with Crippen LogP contribution in [0.4, 0.5) is 5.69 Å². The van der Waals surface area contributed by atoms with Gasteiger partial charge in [-0.3, -0.25) is 10.1 Å². The number of aromatic amines is 1. The van der Waals surface area contributed by atoms with Crippen molar-refractivity contribution in [3.05, 3.63) is 68.9 Å². The Morgan fingerprint density at radius 1 is 1.30 bits per heavy atom. The summed E-state index contributed by atoms with van der Waals surface area (Å²) in [5.41, 5.74) is 2.58. The summed E-state index contributed by atoms with van der Waals surface area (Å²) >= 11 is 0. The number of nitro groups is 1. The summed E-state index contributed by atoms with van der Waals surface area (Å²) in [6, 6.07) is 8.37. The lowest BCUT2D eigenvalue weighted by atomic mass is 9.89. The van der Waals surface area contributed by atoms with Gasteiger partial charge in [0.2, 0.25) is 0 Å². The van der Waals surface area contributed by atoms with Crippen LogP contribution in [0.15, 0.2) is 36.4 Å². The van der Waals surface area contributed by atoms with Gasteiger partial charge in [-0.25, -0.2) is 0 Å². The van der Waals surface area contributed by atoms with Gasteiger partial charge in [-0.15, -0.1) is 0 Å². The zero-order valence-corrected chi connectivity index (χ0v) is 14.4. The topological polar surface area (TPSA) is 139 Å². The summed E-state index contributed by atoms with van der Waals surface area (Å²) in [5, 5.41) is 38.0. The molecular weight excluding hydrogens is 350 g/mol. The van der Waals surface area contributed by atoms with E-state index < -0.39 is 23.0 Å². The first kappa shape index (κ1) is 17.0. The van der Waals surface area contributed by atoms with Crippen molar-refractivity contribution in [2.75, 3.05) is 0 Å². The van der Waals surface area contributed by atoms with Crippen LogP contribution in [0.2, 0.25) is 0 Å². The van der Waals surface area contributed by atoms with Gasteiger partial charge in [0.1, 0.15) is 6.04 Å². The second kappa shape index (κ2) is 6.10. The SMILES string of the molecule is Cc1cc([N+](=O)[O-])cc([C@@H]2[NH2+][C@@H](C(=O)[O-])Cc3c2[nH]c2ccccc32)c1[O-]. The molecule has 3 N–H and O–H groups in total. The number of nitrogens with one attached hydrogen (secondary N) is 1. The molecule has 2 atom stereocenters. The lowest BCUT2D eigenvalue weighted by Crippen LogP contribution is -2.95. The van der Waals surface area contributed by atoms with Crippen molar-refractivity contribution in [1.82, 2.24) is 4.98 Å². The number of benzene rings is 2. The molecule has 0 spiro atoms. The molecule has 8 heteroatoms. The van der Waals surface area contributed by atoms with Crippen LogP contribution in [0.3, 0.4) is 0 Å². The number of rotatable bonds is 3. The summed E-state index contributed by atoms with van der Waals surface area (Å²) in [6.07, 6.45) is 0.250. The number of quaternary nitrogens is 1. The van der Waals surface area contributed by atoms with Gasteiger partial charge in [0.15, 0.2) is 6.04 Å². The van der Waals surface area contributed by atoms with Crippen molar-refractivity contribution in [3.63, 3.8) is 0 Å². The van der Waals surface area contributed by atoms with Crippen molar-refractivity contribution in [1.29, 1.82) is 0 Å². The highest BCUT2D eigenvalue weighted by Crippen LogP contribution is 2.36. The van der Waals surface area contributed by atoms with E-state index in [0.717, 1.165) is 16.5 Å². The van der Waals surface area contributed by atoms with Gasteiger partial charge in [-0.05, 0) is 18.6 Å². The Hall–Kier alpha value is -3.39. The molecule has 0 saturated heterocycles. The van der Waals surface area contributed by atoms with Crippen molar-refractivity contribution in [3.8, 4) is 5.75 Å². The maximum Gasteiger partial charge on any atom is 0.270 e. The molecule has 0 saturated carbocycles. The number of aliphatic carboxylic acids is 1. The van der Waals surface area contributed by atoms with Crippen LogP contribution in [-0.2, 0) is 11.2 Å². The fourth-order valence-electron chi connectivity index (χ4n) is 3.86. The minimum Gasteiger partial charge on any atom is -0.872 e. The Morgan fingerprint density at radius 2 is 2.04 bits per heavy atom. The number of hydrogen-bond donors (Lipinski definition) is 2. The minimum absolute atomic E-state index is 0.191. The molecule has 138 valence electrons. The highest BCUT2D eigenvalue weighted by Gasteiger charge is 2.35. The van der Waals surface area contributed by atoms with E-state index in [1.54, 1.807) is 0 Å². The van der Waals surface area contributed by atoms with Crippen LogP contribution in [0, 0.1) is 17.0 Å². The van der Waals surface area contributed by atoms with Gasteiger partial charge >= 0.3 is 0 Å². The molecule has 4 rings (SSSR count). The zero-order valence-electron chi connectivity index (χ0n) is 14.4. The molecular formula is C19H16N3O5-. The summed E-state index contributed by atoms with van der Waals surface area (Å²) in [6.45, 7) is 1.52. The zero-order chi connectivity index (χ0) is 19.3. The molecule has 2 aromatic carbocycles. The Kier molecular flexibility index (Phi) is 3.85. The van der Waals surface area contributed by atoms with E-state index in [-0.39, 0.29) is 29.0 Å². The number of hydrogen-bond acceptors (Lipinski definition) is 5. The van der Waals surface area contributed by atoms with Crippen molar-refractivity contribution >= 4 is 22.6 Å². The second-order valence-corrected chi connectivity index (χ2v) is 6.80. The Morgan fingerprint density at radius 3 is 2.74 bits per heavy atom. The van der Waals surface area contributed by atoms with E-state index in [2.05, 4.69) is 4.98 Å². The van der Waals surface area contributed by atoms with E-state index in [4.69, 9.17) is 0 Å². The van der Waals surface area contributed by atoms with Crippen molar-refractivity contribution < 1.29 is 25.2 Å². The first-order chi connectivity index (χ1) is 12.9. The summed E-state index contributed by atoms with van der Waals surface area (Å²) < 4.78 is 0. The lowest BCUT2D eigenvalue weighted by Gasteiger charge is -2.31. The normalized spacial score (nSPS) is 19.0. The van der Waals surface area contributed by atoms with Crippen LogP contribution >= 0.6 is 0 Å². The fraction of sp³-hybridized carbons (Fsp3) is 0.211. The molecule has 8 nitrogen and oxygen atoms in total. The van der Waals surface area contributed by atoms with Crippen LogP contribution in [0.1, 0.15) is 28.4 Å². The smallest absolute Gasteiger partial charge is 0.270 e. The molecule has 2 heterocycles. The van der Waals surface area contributed by atoms with E-state index in [1.807, 2.05) is 24.3 Å². The van der Waals surface area contributed by atoms with Crippen molar-refractivity contribution in [2.24, 2.45) is 0 Å². The summed E-state index contributed by atoms with van der Waals surface area (Å²) in [5.74, 6) is -1.56. The van der Waals surface area contributed by atoms with Crippen LogP contribution in [-0.4, -0.2) is 21.9 Å². The van der Waals surface area contributed by atoms with E-state index in [9.17, 15) is 25.1 Å². The molecule has 0 aliphatic carbocycles. The molecule has 3 aromatic rings. The second-order valence-electron chi connectivity index (χ2n) is 6.80. The first-order valence-electron chi connectivity index (χ1n) is 8.48. The quantitative estimate of drug-likeness (QED) is 0.487. The lowest BCUT2D eigenvalue weighted by molar-refractivity contribution is -0.717. The maximum absolute atomic E-state index is 12.7. The first-order valence-corrected chi connectivity index (χ1v) is 8.48. The number of aromatic nitrogens is 1. The number of carboxylic acids is 1. The molecule has 0 fully saturated rings. The Bertz CT molecular complexity index is 1090. The third kappa shape index (κ3) is 2.70. The van der Waals surface area contributed by atoms with E-state index in [0.29, 0.717) is 5.69 Å². The monoisotopic (exact) mass is 366 g/mol. The highest BCUT2D eigenvalue weighted by atomic mass is 16.6. The minimum atomic E-state index is -1.23. The summed E-state index contributed by atoms with van der Waals surface area (Å²) in [7, 11) is 0. The molecule has 27 heavy (non-hydrogen) atoms. The molecule has 1 aliphatic rings. The summed E-state index contributed by atoms with van der Waals surface area (Å²) in [4.78, 5) is 25.5. The molecule has 0 radical (unpaired) electrons. The average Bonchev–Trinajstić information content (AvgIpc) is 3.01. The number of carbonyl (C=O) groups is 1. The number of aryl methyl sites for hydroxylation is 1. The molecule has 0 amide bonds. The van der Waals surface area contributed by atoms with Gasteiger partial charge in [0.25, 0.3) is 5.69 Å².